The van der Waals surface area contributed by atoms with Gasteiger partial charge in [0.05, 0.1) is 5.75 Å². The Morgan fingerprint density at radius 3 is 2.65 bits per heavy atom. The Morgan fingerprint density at radius 2 is 2.05 bits per heavy atom. The molecule has 2 rings (SSSR count). The molecule has 7 heteroatoms. The lowest BCUT2D eigenvalue weighted by atomic mass is 10.1. The van der Waals surface area contributed by atoms with Crippen LogP contribution in [0, 0.1) is 0 Å². The fraction of sp³-hybridized carbons (Fsp3) is 0.308. The van der Waals surface area contributed by atoms with Crippen molar-refractivity contribution in [3.63, 3.8) is 0 Å². The summed E-state index contributed by atoms with van der Waals surface area (Å²) in [6.07, 6.45) is 0. The molecule has 106 valence electrons. The van der Waals surface area contributed by atoms with E-state index in [4.69, 9.17) is 5.11 Å². The minimum atomic E-state index is -0.880. The topological polar surface area (TPSA) is 82.1 Å². The SMILES string of the molecule is CN(C)Cc1ccc(-c2nc(SCC(=O)O)n[nH]2)cc1. The zero-order chi connectivity index (χ0) is 14.5. The molecule has 0 amide bonds. The lowest BCUT2D eigenvalue weighted by Crippen LogP contribution is -2.10. The van der Waals surface area contributed by atoms with Crippen LogP contribution in [-0.4, -0.2) is 51.0 Å². The number of aliphatic carboxylic acids is 1. The molecule has 0 saturated carbocycles. The standard InChI is InChI=1S/C13H16N4O2S/c1-17(2)7-9-3-5-10(6-4-9)12-14-13(16-15-12)20-8-11(18)19/h3-6H,7-8H2,1-2H3,(H,18,19)(H,14,15,16). The molecule has 1 heterocycles. The molecule has 0 bridgehead atoms. The minimum Gasteiger partial charge on any atom is -0.481 e. The number of nitrogens with zero attached hydrogens (tertiary/aromatic N) is 3. The van der Waals surface area contributed by atoms with E-state index >= 15 is 0 Å². The van der Waals surface area contributed by atoms with Crippen molar-refractivity contribution in [3.8, 4) is 11.4 Å². The largest absolute Gasteiger partial charge is 0.481 e. The predicted octanol–water partition coefficient (Wildman–Crippen LogP) is 1.71. The fourth-order valence-electron chi connectivity index (χ4n) is 1.70. The summed E-state index contributed by atoms with van der Waals surface area (Å²) in [5.41, 5.74) is 2.15. The van der Waals surface area contributed by atoms with Crippen LogP contribution >= 0.6 is 11.8 Å². The van der Waals surface area contributed by atoms with Crippen LogP contribution in [-0.2, 0) is 11.3 Å². The molecule has 0 aliphatic heterocycles. The highest BCUT2D eigenvalue weighted by Gasteiger charge is 2.08. The van der Waals surface area contributed by atoms with E-state index in [1.54, 1.807) is 0 Å². The van der Waals surface area contributed by atoms with Gasteiger partial charge >= 0.3 is 5.97 Å². The molecule has 0 saturated heterocycles. The van der Waals surface area contributed by atoms with E-state index in [1.165, 1.54) is 5.56 Å². The zero-order valence-electron chi connectivity index (χ0n) is 11.3. The van der Waals surface area contributed by atoms with Gasteiger partial charge in [0.2, 0.25) is 5.16 Å². The van der Waals surface area contributed by atoms with Crippen LogP contribution in [0.3, 0.4) is 0 Å². The summed E-state index contributed by atoms with van der Waals surface area (Å²) in [5.74, 6) is -0.275. The minimum absolute atomic E-state index is 0.0426. The average Bonchev–Trinajstić information content (AvgIpc) is 2.85. The second-order valence-corrected chi connectivity index (χ2v) is 5.53. The first-order valence-electron chi connectivity index (χ1n) is 6.05. The number of carboxylic acid groups (broad SMARTS) is 1. The third kappa shape index (κ3) is 4.07. The van der Waals surface area contributed by atoms with E-state index < -0.39 is 5.97 Å². The zero-order valence-corrected chi connectivity index (χ0v) is 12.1. The number of aromatic amines is 1. The summed E-state index contributed by atoms with van der Waals surface area (Å²) in [6.45, 7) is 0.885. The van der Waals surface area contributed by atoms with Gasteiger partial charge in [0.25, 0.3) is 0 Å². The van der Waals surface area contributed by atoms with E-state index in [0.717, 1.165) is 23.9 Å². The molecule has 6 nitrogen and oxygen atoms in total. The Balaban J connectivity index is 2.06. The summed E-state index contributed by atoms with van der Waals surface area (Å²) in [6, 6.07) is 8.04. The van der Waals surface area contributed by atoms with Gasteiger partial charge in [0.1, 0.15) is 0 Å². The highest BCUT2D eigenvalue weighted by Crippen LogP contribution is 2.19. The molecule has 0 aliphatic rings. The average molecular weight is 292 g/mol. The molecule has 0 spiro atoms. The molecule has 0 radical (unpaired) electrons. The van der Waals surface area contributed by atoms with E-state index in [2.05, 4.69) is 20.1 Å². The number of rotatable bonds is 6. The second-order valence-electron chi connectivity index (χ2n) is 4.58. The van der Waals surface area contributed by atoms with Gasteiger partial charge in [-0.3, -0.25) is 9.89 Å². The Hall–Kier alpha value is -1.86. The molecule has 0 atom stereocenters. The molecule has 0 unspecified atom stereocenters. The number of carbonyl (C=O) groups is 1. The summed E-state index contributed by atoms with van der Waals surface area (Å²) >= 11 is 1.10. The van der Waals surface area contributed by atoms with Gasteiger partial charge in [0.15, 0.2) is 5.82 Å². The first-order chi connectivity index (χ1) is 9.54. The number of hydrogen-bond acceptors (Lipinski definition) is 5. The van der Waals surface area contributed by atoms with Crippen LogP contribution in [0.2, 0.25) is 0 Å². The molecule has 0 aliphatic carbocycles. The predicted molar refractivity (Wildman–Crippen MR) is 77.6 cm³/mol. The summed E-state index contributed by atoms with van der Waals surface area (Å²) in [5, 5.41) is 15.9. The monoisotopic (exact) mass is 292 g/mol. The van der Waals surface area contributed by atoms with Crippen molar-refractivity contribution >= 4 is 17.7 Å². The lowest BCUT2D eigenvalue weighted by Gasteiger charge is -2.09. The smallest absolute Gasteiger partial charge is 0.313 e. The first kappa shape index (κ1) is 14.5. The Labute approximate surface area is 121 Å². The van der Waals surface area contributed by atoms with Gasteiger partial charge in [-0.2, -0.15) is 0 Å². The molecular weight excluding hydrogens is 276 g/mol. The number of nitrogens with one attached hydrogen (secondary N) is 1. The van der Waals surface area contributed by atoms with E-state index in [1.807, 2.05) is 38.4 Å². The lowest BCUT2D eigenvalue weighted by molar-refractivity contribution is -0.133. The van der Waals surface area contributed by atoms with Gasteiger partial charge < -0.3 is 10.0 Å². The van der Waals surface area contributed by atoms with Gasteiger partial charge in [-0.15, -0.1) is 5.10 Å². The van der Waals surface area contributed by atoms with Gasteiger partial charge in [-0.05, 0) is 19.7 Å². The number of thioether (sulfide) groups is 1. The molecular formula is C13H16N4O2S. The Morgan fingerprint density at radius 1 is 1.35 bits per heavy atom. The molecule has 2 N–H and O–H groups in total. The van der Waals surface area contributed by atoms with Crippen molar-refractivity contribution in [1.82, 2.24) is 20.1 Å². The number of benzene rings is 1. The number of hydrogen-bond donors (Lipinski definition) is 2. The molecule has 2 aromatic rings. The van der Waals surface area contributed by atoms with Gasteiger partial charge in [-0.25, -0.2) is 4.98 Å². The van der Waals surface area contributed by atoms with E-state index in [-0.39, 0.29) is 5.75 Å². The third-order valence-electron chi connectivity index (χ3n) is 2.52. The van der Waals surface area contributed by atoms with Gasteiger partial charge in [-0.1, -0.05) is 36.0 Å². The van der Waals surface area contributed by atoms with E-state index in [0.29, 0.717) is 11.0 Å². The number of H-pyrrole nitrogens is 1. The molecule has 0 fully saturated rings. The van der Waals surface area contributed by atoms with Crippen molar-refractivity contribution < 1.29 is 9.90 Å². The highest BCUT2D eigenvalue weighted by molar-refractivity contribution is 7.99. The first-order valence-corrected chi connectivity index (χ1v) is 7.04. The third-order valence-corrected chi connectivity index (χ3v) is 3.35. The van der Waals surface area contributed by atoms with Crippen molar-refractivity contribution in [2.45, 2.75) is 11.7 Å². The Bertz CT molecular complexity index is 580. The van der Waals surface area contributed by atoms with Crippen molar-refractivity contribution in [2.75, 3.05) is 19.8 Å². The normalized spacial score (nSPS) is 10.9. The van der Waals surface area contributed by atoms with E-state index in [9.17, 15) is 4.79 Å². The van der Waals surface area contributed by atoms with Crippen LogP contribution in [0.4, 0.5) is 0 Å². The maximum Gasteiger partial charge on any atom is 0.313 e. The number of carboxylic acids is 1. The quantitative estimate of drug-likeness (QED) is 0.789. The maximum atomic E-state index is 10.5. The van der Waals surface area contributed by atoms with Crippen molar-refractivity contribution in [2.24, 2.45) is 0 Å². The van der Waals surface area contributed by atoms with Crippen LogP contribution < -0.4 is 0 Å². The highest BCUT2D eigenvalue weighted by atomic mass is 32.2. The summed E-state index contributed by atoms with van der Waals surface area (Å²) in [7, 11) is 4.05. The molecule has 20 heavy (non-hydrogen) atoms. The summed E-state index contributed by atoms with van der Waals surface area (Å²) in [4.78, 5) is 16.9. The van der Waals surface area contributed by atoms with Crippen LogP contribution in [0.5, 0.6) is 0 Å². The van der Waals surface area contributed by atoms with Crippen molar-refractivity contribution in [1.29, 1.82) is 0 Å². The number of aromatic nitrogens is 3. The maximum absolute atomic E-state index is 10.5. The van der Waals surface area contributed by atoms with Crippen molar-refractivity contribution in [3.05, 3.63) is 29.8 Å². The fourth-order valence-corrected chi connectivity index (χ4v) is 2.22. The summed E-state index contributed by atoms with van der Waals surface area (Å²) < 4.78 is 0. The molecule has 1 aromatic heterocycles. The van der Waals surface area contributed by atoms with Gasteiger partial charge in [0, 0.05) is 12.1 Å². The van der Waals surface area contributed by atoms with Crippen LogP contribution in [0.25, 0.3) is 11.4 Å². The molecule has 1 aromatic carbocycles. The Kier molecular flexibility index (Phi) is 4.75. The van der Waals surface area contributed by atoms with Crippen LogP contribution in [0.15, 0.2) is 29.4 Å². The second kappa shape index (κ2) is 6.53. The van der Waals surface area contributed by atoms with Crippen LogP contribution in [0.1, 0.15) is 5.56 Å².